The number of halogens is 1. The molecule has 0 bridgehead atoms. The normalized spacial score (nSPS) is 15.6. The molecule has 5 nitrogen and oxygen atoms in total. The van der Waals surface area contributed by atoms with E-state index in [2.05, 4.69) is 10.2 Å². The lowest BCUT2D eigenvalue weighted by molar-refractivity contribution is -0.133. The van der Waals surface area contributed by atoms with E-state index in [1.54, 1.807) is 6.07 Å². The fraction of sp³-hybridized carbons (Fsp3) is 0.308. The zero-order valence-electron chi connectivity index (χ0n) is 18.5. The second kappa shape index (κ2) is 11.5. The summed E-state index contributed by atoms with van der Waals surface area (Å²) < 4.78 is 0. The first-order valence-corrected chi connectivity index (χ1v) is 12.5. The zero-order valence-corrected chi connectivity index (χ0v) is 20.0. The van der Waals surface area contributed by atoms with Crippen LogP contribution in [0.15, 0.2) is 72.1 Å². The van der Waals surface area contributed by atoms with Gasteiger partial charge in [0.1, 0.15) is 6.04 Å². The Labute approximate surface area is 204 Å². The van der Waals surface area contributed by atoms with E-state index in [4.69, 9.17) is 11.6 Å². The fourth-order valence-corrected chi connectivity index (χ4v) is 4.86. The molecule has 1 aliphatic rings. The van der Waals surface area contributed by atoms with Crippen LogP contribution in [0.1, 0.15) is 27.2 Å². The van der Waals surface area contributed by atoms with Gasteiger partial charge >= 0.3 is 0 Å². The van der Waals surface area contributed by atoms with Crippen LogP contribution in [0.25, 0.3) is 0 Å². The Hall–Kier alpha value is -2.67. The molecule has 172 valence electrons. The molecule has 0 spiro atoms. The number of carbonyl (C=O) groups is 2. The van der Waals surface area contributed by atoms with Gasteiger partial charge in [-0.15, -0.1) is 11.3 Å². The average Bonchev–Trinajstić information content (AvgIpc) is 3.28. The van der Waals surface area contributed by atoms with Crippen LogP contribution in [0.2, 0.25) is 5.02 Å². The van der Waals surface area contributed by atoms with E-state index < -0.39 is 6.04 Å². The molecule has 4 rings (SSSR count). The smallest absolute Gasteiger partial charge is 0.262 e. The monoisotopic (exact) mass is 481 g/mol. The minimum atomic E-state index is -0.593. The molecule has 1 N–H and O–H groups in total. The predicted molar refractivity (Wildman–Crippen MR) is 134 cm³/mol. The maximum atomic E-state index is 13.5. The van der Waals surface area contributed by atoms with Crippen LogP contribution in [0.3, 0.4) is 0 Å². The minimum Gasteiger partial charge on any atom is -0.340 e. The van der Waals surface area contributed by atoms with Gasteiger partial charge < -0.3 is 10.2 Å². The van der Waals surface area contributed by atoms with Crippen LogP contribution in [-0.4, -0.2) is 53.8 Å². The molecule has 33 heavy (non-hydrogen) atoms. The summed E-state index contributed by atoms with van der Waals surface area (Å²) in [5, 5.41) is 5.60. The van der Waals surface area contributed by atoms with Crippen molar-refractivity contribution >= 4 is 34.8 Å². The van der Waals surface area contributed by atoms with Crippen molar-refractivity contribution in [2.24, 2.45) is 0 Å². The fourth-order valence-electron chi connectivity index (χ4n) is 4.10. The van der Waals surface area contributed by atoms with Gasteiger partial charge in [0.05, 0.1) is 4.88 Å². The van der Waals surface area contributed by atoms with E-state index in [0.717, 1.165) is 36.6 Å². The lowest BCUT2D eigenvalue weighted by atomic mass is 10.0. The number of hydrogen-bond acceptors (Lipinski definition) is 4. The van der Waals surface area contributed by atoms with Crippen molar-refractivity contribution < 1.29 is 9.59 Å². The van der Waals surface area contributed by atoms with Crippen LogP contribution in [0.5, 0.6) is 0 Å². The summed E-state index contributed by atoms with van der Waals surface area (Å²) in [6, 6.07) is 20.8. The summed E-state index contributed by atoms with van der Waals surface area (Å²) in [6.07, 6.45) is 1.37. The number of rotatable bonds is 7. The van der Waals surface area contributed by atoms with Crippen LogP contribution >= 0.6 is 22.9 Å². The summed E-state index contributed by atoms with van der Waals surface area (Å²) in [5.74, 6) is -0.212. The minimum absolute atomic E-state index is 0.0166. The van der Waals surface area contributed by atoms with Crippen LogP contribution in [-0.2, 0) is 17.8 Å². The molecule has 1 aliphatic heterocycles. The molecule has 7 heteroatoms. The van der Waals surface area contributed by atoms with E-state index in [1.807, 2.05) is 70.9 Å². The zero-order chi connectivity index (χ0) is 23.0. The molecule has 1 saturated heterocycles. The molecular formula is C26H28ClN3O2S. The largest absolute Gasteiger partial charge is 0.340 e. The molecule has 0 aliphatic carbocycles. The summed E-state index contributed by atoms with van der Waals surface area (Å²) >= 11 is 7.38. The van der Waals surface area contributed by atoms with Crippen molar-refractivity contribution in [1.82, 2.24) is 15.1 Å². The Kier molecular flexibility index (Phi) is 8.15. The Morgan fingerprint density at radius 3 is 2.42 bits per heavy atom. The number of benzene rings is 2. The van der Waals surface area contributed by atoms with Crippen molar-refractivity contribution in [3.63, 3.8) is 0 Å². The van der Waals surface area contributed by atoms with Gasteiger partial charge in [-0.25, -0.2) is 0 Å². The third-order valence-corrected chi connectivity index (χ3v) is 6.97. The molecule has 3 aromatic rings. The summed E-state index contributed by atoms with van der Waals surface area (Å²) in [6.45, 7) is 3.90. The first-order chi connectivity index (χ1) is 16.1. The molecular weight excluding hydrogens is 454 g/mol. The number of hydrogen-bond donors (Lipinski definition) is 1. The predicted octanol–water partition coefficient (Wildman–Crippen LogP) is 4.48. The molecule has 1 fully saturated rings. The summed E-state index contributed by atoms with van der Waals surface area (Å²) in [5.41, 5.74) is 2.24. The van der Waals surface area contributed by atoms with E-state index >= 15 is 0 Å². The third kappa shape index (κ3) is 6.67. The average molecular weight is 482 g/mol. The van der Waals surface area contributed by atoms with Gasteiger partial charge in [-0.2, -0.15) is 0 Å². The van der Waals surface area contributed by atoms with Gasteiger partial charge in [0.15, 0.2) is 0 Å². The molecule has 1 unspecified atom stereocenters. The number of nitrogens with zero attached hydrogens (tertiary/aromatic N) is 2. The quantitative estimate of drug-likeness (QED) is 0.541. The second-order valence-electron chi connectivity index (χ2n) is 8.27. The van der Waals surface area contributed by atoms with E-state index in [9.17, 15) is 9.59 Å². The Balaban J connectivity index is 1.42. The SMILES string of the molecule is O=C(NC(Cc1ccccc1)C(=O)N1CCCN(Cc2ccc(Cl)cc2)CC1)c1cccs1. The molecule has 2 heterocycles. The number of carbonyl (C=O) groups excluding carboxylic acids is 2. The first kappa shape index (κ1) is 23.5. The molecule has 0 radical (unpaired) electrons. The van der Waals surface area contributed by atoms with Crippen LogP contribution in [0, 0.1) is 0 Å². The maximum absolute atomic E-state index is 13.5. The van der Waals surface area contributed by atoms with Gasteiger partial charge in [0.25, 0.3) is 5.91 Å². The first-order valence-electron chi connectivity index (χ1n) is 11.2. The Morgan fingerprint density at radius 1 is 0.909 bits per heavy atom. The van der Waals surface area contributed by atoms with Crippen LogP contribution in [0.4, 0.5) is 0 Å². The van der Waals surface area contributed by atoms with Gasteiger partial charge in [-0.05, 0) is 41.1 Å². The van der Waals surface area contributed by atoms with Gasteiger partial charge in [-0.1, -0.05) is 60.1 Å². The van der Waals surface area contributed by atoms with Gasteiger partial charge in [0.2, 0.25) is 5.91 Å². The summed E-state index contributed by atoms with van der Waals surface area (Å²) in [7, 11) is 0. The number of nitrogens with one attached hydrogen (secondary N) is 1. The van der Waals surface area contributed by atoms with E-state index in [-0.39, 0.29) is 11.8 Å². The van der Waals surface area contributed by atoms with Crippen molar-refractivity contribution in [2.75, 3.05) is 26.2 Å². The number of thiophene rings is 1. The molecule has 2 aromatic carbocycles. The highest BCUT2D eigenvalue weighted by molar-refractivity contribution is 7.12. The van der Waals surface area contributed by atoms with Crippen molar-refractivity contribution in [2.45, 2.75) is 25.4 Å². The lowest BCUT2D eigenvalue weighted by Crippen LogP contribution is -2.50. The third-order valence-electron chi connectivity index (χ3n) is 5.85. The molecule has 1 aromatic heterocycles. The molecule has 1 atom stereocenters. The lowest BCUT2D eigenvalue weighted by Gasteiger charge is -2.27. The maximum Gasteiger partial charge on any atom is 0.262 e. The molecule has 0 saturated carbocycles. The standard InChI is InChI=1S/C26H28ClN3O2S/c27-22-11-9-21(10-12-22)19-29-13-5-14-30(16-15-29)26(32)23(18-20-6-2-1-3-7-20)28-25(31)24-8-4-17-33-24/h1-4,6-12,17,23H,5,13-16,18-19H2,(H,28,31). The van der Waals surface area contributed by atoms with Crippen molar-refractivity contribution in [3.8, 4) is 0 Å². The summed E-state index contributed by atoms with van der Waals surface area (Å²) in [4.78, 5) is 31.2. The highest BCUT2D eigenvalue weighted by Crippen LogP contribution is 2.15. The van der Waals surface area contributed by atoms with E-state index in [1.165, 1.54) is 16.9 Å². The Morgan fingerprint density at radius 2 is 1.70 bits per heavy atom. The Bertz CT molecular complexity index is 1040. The highest BCUT2D eigenvalue weighted by atomic mass is 35.5. The molecule has 2 amide bonds. The van der Waals surface area contributed by atoms with E-state index in [0.29, 0.717) is 24.4 Å². The number of amides is 2. The van der Waals surface area contributed by atoms with Crippen molar-refractivity contribution in [1.29, 1.82) is 0 Å². The van der Waals surface area contributed by atoms with Crippen LogP contribution < -0.4 is 5.32 Å². The second-order valence-corrected chi connectivity index (χ2v) is 9.66. The van der Waals surface area contributed by atoms with Gasteiger partial charge in [0, 0.05) is 44.2 Å². The van der Waals surface area contributed by atoms with Gasteiger partial charge in [-0.3, -0.25) is 14.5 Å². The topological polar surface area (TPSA) is 52.7 Å². The highest BCUT2D eigenvalue weighted by Gasteiger charge is 2.28. The van der Waals surface area contributed by atoms with Crippen molar-refractivity contribution in [3.05, 3.63) is 93.1 Å².